The molecule has 3 rings (SSSR count). The lowest BCUT2D eigenvalue weighted by molar-refractivity contribution is -0.0398. The van der Waals surface area contributed by atoms with Crippen molar-refractivity contribution in [1.82, 2.24) is 0 Å². The molecule has 0 aliphatic heterocycles. The topological polar surface area (TPSA) is 69.9 Å². The van der Waals surface area contributed by atoms with Gasteiger partial charge in [-0.15, -0.1) is 0 Å². The van der Waals surface area contributed by atoms with Crippen molar-refractivity contribution in [3.8, 4) is 5.75 Å². The van der Waals surface area contributed by atoms with Crippen LogP contribution in [0.1, 0.15) is 80.2 Å². The van der Waals surface area contributed by atoms with E-state index in [0.717, 1.165) is 56.3 Å². The van der Waals surface area contributed by atoms with E-state index in [4.69, 9.17) is 9.84 Å². The maximum atomic E-state index is 10.5. The van der Waals surface area contributed by atoms with Gasteiger partial charge in [0.2, 0.25) is 0 Å². The van der Waals surface area contributed by atoms with Crippen molar-refractivity contribution in [2.24, 2.45) is 0 Å². The average molecular weight is 441 g/mol. The highest BCUT2D eigenvalue weighted by Gasteiger charge is 2.34. The molecule has 2 aromatic rings. The van der Waals surface area contributed by atoms with E-state index in [1.54, 1.807) is 0 Å². The summed E-state index contributed by atoms with van der Waals surface area (Å²) in [5.41, 5.74) is 5.74. The lowest BCUT2D eigenvalue weighted by Gasteiger charge is -2.37. The highest BCUT2D eigenvalue weighted by molar-refractivity contribution is 5.47. The fraction of sp³-hybridized carbons (Fsp3) is 0.571. The molecule has 1 atom stereocenters. The van der Waals surface area contributed by atoms with Gasteiger partial charge in [-0.05, 0) is 92.7 Å². The number of hydrogen-bond acceptors (Lipinski definition) is 4. The van der Waals surface area contributed by atoms with E-state index in [1.165, 1.54) is 22.3 Å². The van der Waals surface area contributed by atoms with Crippen molar-refractivity contribution in [3.63, 3.8) is 0 Å². The van der Waals surface area contributed by atoms with Crippen LogP contribution in [-0.4, -0.2) is 40.2 Å². The van der Waals surface area contributed by atoms with Gasteiger partial charge in [-0.2, -0.15) is 0 Å². The summed E-state index contributed by atoms with van der Waals surface area (Å²) in [6.45, 7) is 8.49. The molecule has 0 spiro atoms. The second-order valence-electron chi connectivity index (χ2n) is 9.64. The Balaban J connectivity index is 1.84. The lowest BCUT2D eigenvalue weighted by Crippen LogP contribution is -2.37. The monoisotopic (exact) mass is 440 g/mol. The highest BCUT2D eigenvalue weighted by atomic mass is 16.5. The maximum Gasteiger partial charge on any atom is 0.122 e. The van der Waals surface area contributed by atoms with E-state index in [1.807, 2.05) is 13.0 Å². The number of aliphatic hydroxyl groups is 3. The molecule has 4 nitrogen and oxygen atoms in total. The minimum absolute atomic E-state index is 0.0800. The van der Waals surface area contributed by atoms with Gasteiger partial charge in [0, 0.05) is 5.41 Å². The van der Waals surface area contributed by atoms with Crippen LogP contribution >= 0.6 is 0 Å². The standard InChI is InChI=1S/C28H40O4/c1-5-28(6-2,24-10-11-26(21(4)17-24)32-19-25(30)18-29)23-9-8-22(20(3)16-23)12-15-27(31)13-7-14-27/h8-11,16-17,25,29-31H,5-7,12-15,18-19H2,1-4H3/t25-/m0/s1. The Morgan fingerprint density at radius 1 is 1.00 bits per heavy atom. The van der Waals surface area contributed by atoms with Crippen LogP contribution in [0.15, 0.2) is 36.4 Å². The van der Waals surface area contributed by atoms with Gasteiger partial charge >= 0.3 is 0 Å². The van der Waals surface area contributed by atoms with Crippen LogP contribution in [0.25, 0.3) is 0 Å². The minimum Gasteiger partial charge on any atom is -0.491 e. The first-order valence-electron chi connectivity index (χ1n) is 12.1. The predicted octanol–water partition coefficient (Wildman–Crippen LogP) is 4.99. The fourth-order valence-electron chi connectivity index (χ4n) is 5.06. The molecule has 0 heterocycles. The van der Waals surface area contributed by atoms with Gasteiger partial charge in [0.15, 0.2) is 0 Å². The molecular formula is C28H40O4. The van der Waals surface area contributed by atoms with Crippen molar-refractivity contribution in [3.05, 3.63) is 64.2 Å². The highest BCUT2D eigenvalue weighted by Crippen LogP contribution is 2.41. The normalized spacial score (nSPS) is 16.5. The number of ether oxygens (including phenoxy) is 1. The van der Waals surface area contributed by atoms with Gasteiger partial charge in [-0.1, -0.05) is 44.2 Å². The second kappa shape index (κ2) is 10.4. The lowest BCUT2D eigenvalue weighted by atomic mass is 9.69. The Kier molecular flexibility index (Phi) is 8.02. The number of hydrogen-bond donors (Lipinski definition) is 3. The van der Waals surface area contributed by atoms with E-state index >= 15 is 0 Å². The van der Waals surface area contributed by atoms with Crippen molar-refractivity contribution in [2.75, 3.05) is 13.2 Å². The molecule has 32 heavy (non-hydrogen) atoms. The summed E-state index contributed by atoms with van der Waals surface area (Å²) < 4.78 is 5.70. The molecule has 0 saturated heterocycles. The Labute approximate surface area is 193 Å². The molecule has 0 aromatic heterocycles. The van der Waals surface area contributed by atoms with Crippen LogP contribution < -0.4 is 4.74 Å². The third-order valence-electron chi connectivity index (χ3n) is 7.62. The number of aryl methyl sites for hydroxylation is 3. The van der Waals surface area contributed by atoms with Crippen LogP contribution in [0.4, 0.5) is 0 Å². The summed E-state index contributed by atoms with van der Waals surface area (Å²) in [5.74, 6) is 0.739. The van der Waals surface area contributed by atoms with Crippen molar-refractivity contribution in [2.45, 2.75) is 89.8 Å². The molecule has 1 aliphatic rings. The zero-order valence-corrected chi connectivity index (χ0v) is 20.2. The first-order chi connectivity index (χ1) is 15.3. The van der Waals surface area contributed by atoms with Crippen molar-refractivity contribution < 1.29 is 20.1 Å². The van der Waals surface area contributed by atoms with E-state index in [2.05, 4.69) is 51.1 Å². The number of aliphatic hydroxyl groups excluding tert-OH is 2. The van der Waals surface area contributed by atoms with Crippen LogP contribution in [0.3, 0.4) is 0 Å². The molecule has 0 unspecified atom stereocenters. The minimum atomic E-state index is -0.869. The summed E-state index contributed by atoms with van der Waals surface area (Å²) in [6.07, 6.45) is 5.93. The van der Waals surface area contributed by atoms with E-state index in [0.29, 0.717) is 0 Å². The number of rotatable bonds is 11. The summed E-state index contributed by atoms with van der Waals surface area (Å²) in [6, 6.07) is 13.2. The van der Waals surface area contributed by atoms with E-state index < -0.39 is 11.7 Å². The summed E-state index contributed by atoms with van der Waals surface area (Å²) in [7, 11) is 0. The van der Waals surface area contributed by atoms with Gasteiger partial charge in [0.1, 0.15) is 18.5 Å². The van der Waals surface area contributed by atoms with Crippen LogP contribution in [0.2, 0.25) is 0 Å². The molecular weight excluding hydrogens is 400 g/mol. The summed E-state index contributed by atoms with van der Waals surface area (Å²) >= 11 is 0. The van der Waals surface area contributed by atoms with Crippen LogP contribution in [-0.2, 0) is 11.8 Å². The van der Waals surface area contributed by atoms with Crippen LogP contribution in [0.5, 0.6) is 5.75 Å². The zero-order chi connectivity index (χ0) is 23.4. The van der Waals surface area contributed by atoms with Crippen LogP contribution in [0, 0.1) is 13.8 Å². The molecule has 1 saturated carbocycles. The van der Waals surface area contributed by atoms with Gasteiger partial charge in [-0.3, -0.25) is 0 Å². The molecule has 0 radical (unpaired) electrons. The summed E-state index contributed by atoms with van der Waals surface area (Å²) in [4.78, 5) is 0. The second-order valence-corrected chi connectivity index (χ2v) is 9.64. The number of benzene rings is 2. The SMILES string of the molecule is CCC(CC)(c1ccc(CCC2(O)CCC2)c(C)c1)c1ccc(OC[C@@H](O)CO)c(C)c1. The molecule has 176 valence electrons. The molecule has 0 bridgehead atoms. The predicted molar refractivity (Wildman–Crippen MR) is 129 cm³/mol. The Hall–Kier alpha value is -1.88. The molecule has 3 N–H and O–H groups in total. The molecule has 2 aromatic carbocycles. The first kappa shape index (κ1) is 24.8. The maximum absolute atomic E-state index is 10.5. The van der Waals surface area contributed by atoms with Gasteiger partial charge < -0.3 is 20.1 Å². The zero-order valence-electron chi connectivity index (χ0n) is 20.2. The smallest absolute Gasteiger partial charge is 0.122 e. The Morgan fingerprint density at radius 3 is 2.12 bits per heavy atom. The largest absolute Gasteiger partial charge is 0.491 e. The quantitative estimate of drug-likeness (QED) is 0.460. The average Bonchev–Trinajstić information content (AvgIpc) is 2.77. The molecule has 1 fully saturated rings. The van der Waals surface area contributed by atoms with Gasteiger partial charge in [-0.25, -0.2) is 0 Å². The van der Waals surface area contributed by atoms with E-state index in [-0.39, 0.29) is 18.6 Å². The first-order valence-corrected chi connectivity index (χ1v) is 12.1. The Morgan fingerprint density at radius 2 is 1.62 bits per heavy atom. The van der Waals surface area contributed by atoms with Crippen molar-refractivity contribution >= 4 is 0 Å². The Bertz CT molecular complexity index is 896. The van der Waals surface area contributed by atoms with Gasteiger partial charge in [0.05, 0.1) is 12.2 Å². The molecule has 0 amide bonds. The third-order valence-corrected chi connectivity index (χ3v) is 7.62. The van der Waals surface area contributed by atoms with Crippen molar-refractivity contribution in [1.29, 1.82) is 0 Å². The third kappa shape index (κ3) is 5.19. The molecule has 1 aliphatic carbocycles. The fourth-order valence-corrected chi connectivity index (χ4v) is 5.06. The van der Waals surface area contributed by atoms with E-state index in [9.17, 15) is 10.2 Å². The molecule has 4 heteroatoms. The van der Waals surface area contributed by atoms with Gasteiger partial charge in [0.25, 0.3) is 0 Å². The summed E-state index contributed by atoms with van der Waals surface area (Å²) in [5, 5.41) is 29.1.